The fraction of sp³-hybridized carbons (Fsp3) is 0.579. The zero-order valence-corrected chi connectivity index (χ0v) is 15.2. The molecule has 1 aliphatic carbocycles. The second-order valence-corrected chi connectivity index (χ2v) is 7.16. The van der Waals surface area contributed by atoms with Crippen molar-refractivity contribution in [1.82, 2.24) is 14.3 Å². The summed E-state index contributed by atoms with van der Waals surface area (Å²) in [5.41, 5.74) is 2.88. The Bertz CT molecular complexity index is 720. The Morgan fingerprint density at radius 1 is 1.25 bits per heavy atom. The molecule has 0 atom stereocenters. The average Bonchev–Trinajstić information content (AvgIpc) is 3.12. The summed E-state index contributed by atoms with van der Waals surface area (Å²) in [7, 11) is 0. The minimum absolute atomic E-state index is 0.0486. The number of carbonyl (C=O) groups is 1. The van der Waals surface area contributed by atoms with Gasteiger partial charge in [0.25, 0.3) is 5.91 Å². The first-order valence-electron chi connectivity index (χ1n) is 9.02. The Labute approximate surface area is 144 Å². The quantitative estimate of drug-likeness (QED) is 0.889. The van der Waals surface area contributed by atoms with Gasteiger partial charge < -0.3 is 9.88 Å². The maximum atomic E-state index is 12.8. The van der Waals surface area contributed by atoms with Crippen molar-refractivity contribution in [3.05, 3.63) is 35.3 Å². The molecule has 1 fully saturated rings. The Balaban J connectivity index is 1.81. The molecule has 2 aromatic heterocycles. The van der Waals surface area contributed by atoms with Crippen LogP contribution in [0.2, 0.25) is 0 Å². The molecule has 0 aliphatic heterocycles. The van der Waals surface area contributed by atoms with Gasteiger partial charge in [-0.05, 0) is 46.6 Å². The average molecular weight is 328 g/mol. The highest BCUT2D eigenvalue weighted by atomic mass is 16.1. The Morgan fingerprint density at radius 2 is 1.96 bits per heavy atom. The van der Waals surface area contributed by atoms with Crippen LogP contribution in [0.3, 0.4) is 0 Å². The van der Waals surface area contributed by atoms with Crippen molar-refractivity contribution in [2.45, 2.75) is 71.9 Å². The molecule has 0 bridgehead atoms. The van der Waals surface area contributed by atoms with Crippen LogP contribution in [0.1, 0.15) is 79.8 Å². The van der Waals surface area contributed by atoms with Crippen LogP contribution >= 0.6 is 0 Å². The number of carbonyl (C=O) groups excluding carboxylic acids is 1. The van der Waals surface area contributed by atoms with Crippen molar-refractivity contribution in [1.29, 1.82) is 0 Å². The van der Waals surface area contributed by atoms with Gasteiger partial charge in [-0.15, -0.1) is 0 Å². The molecule has 24 heavy (non-hydrogen) atoms. The molecule has 0 radical (unpaired) electrons. The Morgan fingerprint density at radius 3 is 2.58 bits per heavy atom. The summed E-state index contributed by atoms with van der Waals surface area (Å²) in [5.74, 6) is 0.758. The number of nitrogens with one attached hydrogen (secondary N) is 1. The van der Waals surface area contributed by atoms with Gasteiger partial charge in [0.1, 0.15) is 5.82 Å². The predicted molar refractivity (Wildman–Crippen MR) is 96.6 cm³/mol. The lowest BCUT2D eigenvalue weighted by atomic mass is 9.96. The molecule has 1 N–H and O–H groups in total. The minimum Gasteiger partial charge on any atom is -0.346 e. The molecule has 1 aliphatic rings. The molecular formula is C19H28N4O. The van der Waals surface area contributed by atoms with Crippen LogP contribution in [0.5, 0.6) is 0 Å². The van der Waals surface area contributed by atoms with E-state index in [-0.39, 0.29) is 5.91 Å². The van der Waals surface area contributed by atoms with Crippen LogP contribution in [-0.2, 0) is 0 Å². The van der Waals surface area contributed by atoms with Crippen molar-refractivity contribution >= 4 is 11.7 Å². The summed E-state index contributed by atoms with van der Waals surface area (Å²) in [4.78, 5) is 12.8. The summed E-state index contributed by atoms with van der Waals surface area (Å²) in [5, 5.41) is 7.53. The third kappa shape index (κ3) is 3.12. The highest BCUT2D eigenvalue weighted by Gasteiger charge is 2.21. The van der Waals surface area contributed by atoms with E-state index < -0.39 is 0 Å². The fourth-order valence-corrected chi connectivity index (χ4v) is 4.02. The van der Waals surface area contributed by atoms with Gasteiger partial charge in [0, 0.05) is 23.5 Å². The molecule has 5 nitrogen and oxygen atoms in total. The SMILES string of the molecule is Cc1cc(C(=O)Nc2ccnn2C2CCCCC2)c(C)n1C(C)C. The number of rotatable bonds is 4. The summed E-state index contributed by atoms with van der Waals surface area (Å²) >= 11 is 0. The van der Waals surface area contributed by atoms with Crippen LogP contribution in [0.25, 0.3) is 0 Å². The first-order valence-corrected chi connectivity index (χ1v) is 9.02. The molecule has 1 amide bonds. The van der Waals surface area contributed by atoms with E-state index in [1.165, 1.54) is 19.3 Å². The molecule has 3 rings (SSSR count). The van der Waals surface area contributed by atoms with E-state index in [9.17, 15) is 4.79 Å². The number of hydrogen-bond acceptors (Lipinski definition) is 2. The number of amides is 1. The van der Waals surface area contributed by atoms with Gasteiger partial charge in [-0.2, -0.15) is 5.10 Å². The topological polar surface area (TPSA) is 51.9 Å². The third-order valence-corrected chi connectivity index (χ3v) is 5.08. The summed E-state index contributed by atoms with van der Waals surface area (Å²) in [6.07, 6.45) is 7.86. The molecule has 0 unspecified atom stereocenters. The summed E-state index contributed by atoms with van der Waals surface area (Å²) in [6.45, 7) is 8.34. The third-order valence-electron chi connectivity index (χ3n) is 5.08. The largest absolute Gasteiger partial charge is 0.346 e. The maximum Gasteiger partial charge on any atom is 0.258 e. The van der Waals surface area contributed by atoms with Gasteiger partial charge in [-0.25, -0.2) is 4.68 Å². The molecule has 5 heteroatoms. The molecule has 0 aromatic carbocycles. The second kappa shape index (κ2) is 6.83. The van der Waals surface area contributed by atoms with Crippen LogP contribution in [0, 0.1) is 13.8 Å². The first kappa shape index (κ1) is 16.8. The van der Waals surface area contributed by atoms with E-state index in [0.29, 0.717) is 12.1 Å². The van der Waals surface area contributed by atoms with E-state index in [4.69, 9.17) is 0 Å². The molecule has 0 spiro atoms. The highest BCUT2D eigenvalue weighted by Crippen LogP contribution is 2.30. The van der Waals surface area contributed by atoms with E-state index in [1.807, 2.05) is 23.7 Å². The van der Waals surface area contributed by atoms with E-state index in [2.05, 4.69) is 35.8 Å². The summed E-state index contributed by atoms with van der Waals surface area (Å²) in [6, 6.07) is 4.63. The predicted octanol–water partition coefficient (Wildman–Crippen LogP) is 4.64. The van der Waals surface area contributed by atoms with Crippen molar-refractivity contribution in [3.63, 3.8) is 0 Å². The zero-order chi connectivity index (χ0) is 17.3. The number of nitrogens with zero attached hydrogens (tertiary/aromatic N) is 3. The monoisotopic (exact) mass is 328 g/mol. The van der Waals surface area contributed by atoms with E-state index in [0.717, 1.165) is 35.6 Å². The van der Waals surface area contributed by atoms with Crippen LogP contribution in [-0.4, -0.2) is 20.3 Å². The standard InChI is InChI=1S/C19H28N4O/c1-13(2)22-14(3)12-17(15(22)4)19(24)21-18-10-11-20-23(18)16-8-6-5-7-9-16/h10-13,16H,5-9H2,1-4H3,(H,21,24). The molecule has 2 aromatic rings. The van der Waals surface area contributed by atoms with Gasteiger partial charge >= 0.3 is 0 Å². The minimum atomic E-state index is -0.0486. The van der Waals surface area contributed by atoms with Crippen molar-refractivity contribution in [3.8, 4) is 0 Å². The molecule has 2 heterocycles. The second-order valence-electron chi connectivity index (χ2n) is 7.16. The normalized spacial score (nSPS) is 15.9. The lowest BCUT2D eigenvalue weighted by Gasteiger charge is -2.23. The van der Waals surface area contributed by atoms with E-state index in [1.54, 1.807) is 6.20 Å². The Hall–Kier alpha value is -2.04. The van der Waals surface area contributed by atoms with Gasteiger partial charge in [0.2, 0.25) is 0 Å². The lowest BCUT2D eigenvalue weighted by Crippen LogP contribution is -2.20. The first-order chi connectivity index (χ1) is 11.5. The van der Waals surface area contributed by atoms with Gasteiger partial charge in [0.15, 0.2) is 0 Å². The number of hydrogen-bond donors (Lipinski definition) is 1. The molecular weight excluding hydrogens is 300 g/mol. The summed E-state index contributed by atoms with van der Waals surface area (Å²) < 4.78 is 4.20. The number of anilines is 1. The van der Waals surface area contributed by atoms with Crippen molar-refractivity contribution in [2.24, 2.45) is 0 Å². The zero-order valence-electron chi connectivity index (χ0n) is 15.2. The van der Waals surface area contributed by atoms with Crippen molar-refractivity contribution < 1.29 is 4.79 Å². The molecule has 1 saturated carbocycles. The maximum absolute atomic E-state index is 12.8. The van der Waals surface area contributed by atoms with E-state index >= 15 is 0 Å². The number of aromatic nitrogens is 3. The van der Waals surface area contributed by atoms with Crippen LogP contribution in [0.4, 0.5) is 5.82 Å². The molecule has 130 valence electrons. The Kier molecular flexibility index (Phi) is 4.78. The fourth-order valence-electron chi connectivity index (χ4n) is 4.02. The van der Waals surface area contributed by atoms with Crippen LogP contribution in [0.15, 0.2) is 18.3 Å². The van der Waals surface area contributed by atoms with Gasteiger partial charge in [-0.1, -0.05) is 19.3 Å². The van der Waals surface area contributed by atoms with Gasteiger partial charge in [0.05, 0.1) is 17.8 Å². The van der Waals surface area contributed by atoms with Crippen LogP contribution < -0.4 is 5.32 Å². The highest BCUT2D eigenvalue weighted by molar-refractivity contribution is 6.04. The van der Waals surface area contributed by atoms with Gasteiger partial charge in [-0.3, -0.25) is 4.79 Å². The van der Waals surface area contributed by atoms with Crippen molar-refractivity contribution in [2.75, 3.05) is 5.32 Å². The lowest BCUT2D eigenvalue weighted by molar-refractivity contribution is 0.102. The molecule has 0 saturated heterocycles. The number of aryl methyl sites for hydroxylation is 1. The smallest absolute Gasteiger partial charge is 0.258 e.